The topological polar surface area (TPSA) is 84.2 Å². The maximum absolute atomic E-state index is 12.3. The molecule has 2 N–H and O–H groups in total. The molecule has 2 amide bonds. The summed E-state index contributed by atoms with van der Waals surface area (Å²) in [6.07, 6.45) is 2.50. The van der Waals surface area contributed by atoms with Gasteiger partial charge in [-0.05, 0) is 43.2 Å². The zero-order chi connectivity index (χ0) is 20.6. The fraction of sp³-hybridized carbons (Fsp3) is 0.261. The van der Waals surface area contributed by atoms with Crippen molar-refractivity contribution in [3.05, 3.63) is 77.7 Å². The van der Waals surface area contributed by atoms with Gasteiger partial charge in [0.15, 0.2) is 0 Å². The van der Waals surface area contributed by atoms with Crippen molar-refractivity contribution >= 4 is 11.8 Å². The molecule has 0 fully saturated rings. The highest BCUT2D eigenvalue weighted by Crippen LogP contribution is 2.18. The molecule has 0 aliphatic rings. The first-order valence-electron chi connectivity index (χ1n) is 9.71. The maximum Gasteiger partial charge on any atom is 0.251 e. The van der Waals surface area contributed by atoms with Crippen LogP contribution in [-0.4, -0.2) is 22.8 Å². The van der Waals surface area contributed by atoms with E-state index >= 15 is 0 Å². The highest BCUT2D eigenvalue weighted by molar-refractivity contribution is 5.94. The van der Waals surface area contributed by atoms with Crippen molar-refractivity contribution in [1.82, 2.24) is 15.6 Å². The molecule has 1 atom stereocenters. The third-order valence-electron chi connectivity index (χ3n) is 4.58. The van der Waals surface area contributed by atoms with Gasteiger partial charge in [0.25, 0.3) is 5.91 Å². The Balaban J connectivity index is 1.54. The average Bonchev–Trinajstić information content (AvgIpc) is 3.21. The van der Waals surface area contributed by atoms with E-state index in [2.05, 4.69) is 15.6 Å². The monoisotopic (exact) mass is 391 g/mol. The number of nitrogens with one attached hydrogen (secondary N) is 2. The summed E-state index contributed by atoms with van der Waals surface area (Å²) in [7, 11) is 0. The van der Waals surface area contributed by atoms with Crippen molar-refractivity contribution in [3.8, 4) is 11.5 Å². The third kappa shape index (κ3) is 5.78. The predicted molar refractivity (Wildman–Crippen MR) is 111 cm³/mol. The summed E-state index contributed by atoms with van der Waals surface area (Å²) in [6, 6.07) is 16.9. The minimum atomic E-state index is -0.160. The zero-order valence-corrected chi connectivity index (χ0v) is 16.6. The molecule has 0 saturated heterocycles. The summed E-state index contributed by atoms with van der Waals surface area (Å²) < 4.78 is 5.46. The van der Waals surface area contributed by atoms with Crippen LogP contribution >= 0.6 is 0 Å². The Bertz CT molecular complexity index is 966. The number of oxazole rings is 1. The summed E-state index contributed by atoms with van der Waals surface area (Å²) in [5.74, 6) is 0.226. The number of hydrogen-bond acceptors (Lipinski definition) is 4. The van der Waals surface area contributed by atoms with Gasteiger partial charge in [-0.1, -0.05) is 37.3 Å². The number of aromatic nitrogens is 1. The van der Waals surface area contributed by atoms with Crippen LogP contribution in [0.2, 0.25) is 0 Å². The van der Waals surface area contributed by atoms with Crippen LogP contribution in [-0.2, 0) is 17.8 Å². The van der Waals surface area contributed by atoms with Crippen LogP contribution < -0.4 is 10.6 Å². The summed E-state index contributed by atoms with van der Waals surface area (Å²) in [5.41, 5.74) is 2.89. The minimum Gasteiger partial charge on any atom is -0.444 e. The largest absolute Gasteiger partial charge is 0.444 e. The number of carbonyl (C=O) groups excluding carboxylic acids is 2. The molecular formula is C23H25N3O3. The van der Waals surface area contributed by atoms with E-state index in [0.717, 1.165) is 17.5 Å². The molecule has 150 valence electrons. The van der Waals surface area contributed by atoms with Crippen LogP contribution in [0, 0.1) is 0 Å². The zero-order valence-electron chi connectivity index (χ0n) is 16.6. The van der Waals surface area contributed by atoms with E-state index in [-0.39, 0.29) is 24.3 Å². The van der Waals surface area contributed by atoms with Crippen LogP contribution in [0.3, 0.4) is 0 Å². The fourth-order valence-electron chi connectivity index (χ4n) is 2.76. The smallest absolute Gasteiger partial charge is 0.251 e. The molecular weight excluding hydrogens is 366 g/mol. The molecule has 1 heterocycles. The van der Waals surface area contributed by atoms with Crippen molar-refractivity contribution in [1.29, 1.82) is 0 Å². The van der Waals surface area contributed by atoms with Gasteiger partial charge in [0, 0.05) is 23.7 Å². The Morgan fingerprint density at radius 3 is 2.66 bits per heavy atom. The molecule has 3 rings (SSSR count). The number of hydrogen-bond donors (Lipinski definition) is 2. The Labute approximate surface area is 170 Å². The Hall–Kier alpha value is -3.41. The second-order valence-electron chi connectivity index (χ2n) is 6.95. The highest BCUT2D eigenvalue weighted by atomic mass is 16.3. The van der Waals surface area contributed by atoms with Crippen molar-refractivity contribution in [2.45, 2.75) is 39.3 Å². The summed E-state index contributed by atoms with van der Waals surface area (Å²) in [6.45, 7) is 4.33. The summed E-state index contributed by atoms with van der Waals surface area (Å²) in [5, 5.41) is 5.80. The lowest BCUT2D eigenvalue weighted by Crippen LogP contribution is -2.32. The molecule has 1 aromatic heterocycles. The molecule has 6 heteroatoms. The van der Waals surface area contributed by atoms with Crippen molar-refractivity contribution in [3.63, 3.8) is 0 Å². The standard InChI is InChI=1S/C23H25N3O3/c1-3-16(2)25-22(28)19-11-7-8-17(12-19)14-24-21(27)13-20-15-29-23(26-20)18-9-5-4-6-10-18/h4-12,15-16H,3,13-14H2,1-2H3,(H,24,27)(H,25,28). The molecule has 1 unspecified atom stereocenters. The van der Waals surface area contributed by atoms with E-state index in [4.69, 9.17) is 4.42 Å². The lowest BCUT2D eigenvalue weighted by molar-refractivity contribution is -0.120. The van der Waals surface area contributed by atoms with Crippen molar-refractivity contribution in [2.24, 2.45) is 0 Å². The van der Waals surface area contributed by atoms with Gasteiger partial charge in [0.1, 0.15) is 6.26 Å². The van der Waals surface area contributed by atoms with Crippen molar-refractivity contribution in [2.75, 3.05) is 0 Å². The molecule has 0 aliphatic carbocycles. The lowest BCUT2D eigenvalue weighted by atomic mass is 10.1. The van der Waals surface area contributed by atoms with Crippen LogP contribution in [0.5, 0.6) is 0 Å². The van der Waals surface area contributed by atoms with E-state index in [9.17, 15) is 9.59 Å². The van der Waals surface area contributed by atoms with Crippen LogP contribution in [0.15, 0.2) is 65.3 Å². The number of benzene rings is 2. The van der Waals surface area contributed by atoms with Crippen LogP contribution in [0.25, 0.3) is 11.5 Å². The molecule has 0 bridgehead atoms. The molecule has 0 radical (unpaired) electrons. The molecule has 3 aromatic rings. The normalized spacial score (nSPS) is 11.7. The number of rotatable bonds is 8. The van der Waals surface area contributed by atoms with Crippen molar-refractivity contribution < 1.29 is 14.0 Å². The number of carbonyl (C=O) groups is 2. The molecule has 0 saturated carbocycles. The van der Waals surface area contributed by atoms with Gasteiger partial charge in [-0.25, -0.2) is 4.98 Å². The second kappa shape index (κ2) is 9.68. The molecule has 29 heavy (non-hydrogen) atoms. The first-order valence-corrected chi connectivity index (χ1v) is 9.71. The van der Waals surface area contributed by atoms with Gasteiger partial charge in [-0.3, -0.25) is 9.59 Å². The first kappa shape index (κ1) is 20.3. The predicted octanol–water partition coefficient (Wildman–Crippen LogP) is 3.73. The van der Waals surface area contributed by atoms with Crippen LogP contribution in [0.4, 0.5) is 0 Å². The maximum atomic E-state index is 12.3. The minimum absolute atomic E-state index is 0.108. The summed E-state index contributed by atoms with van der Waals surface area (Å²) >= 11 is 0. The SMILES string of the molecule is CCC(C)NC(=O)c1cccc(CNC(=O)Cc2coc(-c3ccccc3)n2)c1. The van der Waals surface area contributed by atoms with Gasteiger partial charge >= 0.3 is 0 Å². The number of amides is 2. The third-order valence-corrected chi connectivity index (χ3v) is 4.58. The van der Waals surface area contributed by atoms with Gasteiger partial charge < -0.3 is 15.1 Å². The Morgan fingerprint density at radius 2 is 1.90 bits per heavy atom. The molecule has 0 spiro atoms. The average molecular weight is 391 g/mol. The van der Waals surface area contributed by atoms with E-state index in [1.165, 1.54) is 6.26 Å². The van der Waals surface area contributed by atoms with Gasteiger partial charge in [-0.2, -0.15) is 0 Å². The highest BCUT2D eigenvalue weighted by Gasteiger charge is 2.12. The quantitative estimate of drug-likeness (QED) is 0.613. The van der Waals surface area contributed by atoms with Gasteiger partial charge in [0.2, 0.25) is 11.8 Å². The first-order chi connectivity index (χ1) is 14.0. The van der Waals surface area contributed by atoms with Gasteiger partial charge in [0.05, 0.1) is 12.1 Å². The molecule has 2 aromatic carbocycles. The Kier molecular flexibility index (Phi) is 6.79. The van der Waals surface area contributed by atoms with E-state index in [0.29, 0.717) is 23.7 Å². The number of nitrogens with zero attached hydrogens (tertiary/aromatic N) is 1. The lowest BCUT2D eigenvalue weighted by Gasteiger charge is -2.12. The molecule has 6 nitrogen and oxygen atoms in total. The Morgan fingerprint density at radius 1 is 1.10 bits per heavy atom. The van der Waals surface area contributed by atoms with E-state index in [1.807, 2.05) is 56.3 Å². The van der Waals surface area contributed by atoms with E-state index in [1.54, 1.807) is 12.1 Å². The van der Waals surface area contributed by atoms with E-state index < -0.39 is 0 Å². The summed E-state index contributed by atoms with van der Waals surface area (Å²) in [4.78, 5) is 28.9. The molecule has 0 aliphatic heterocycles. The van der Waals surface area contributed by atoms with Gasteiger partial charge in [-0.15, -0.1) is 0 Å². The van der Waals surface area contributed by atoms with Crippen LogP contribution in [0.1, 0.15) is 41.9 Å². The fourth-order valence-corrected chi connectivity index (χ4v) is 2.76. The second-order valence-corrected chi connectivity index (χ2v) is 6.95.